The first kappa shape index (κ1) is 18.5. The lowest BCUT2D eigenvalue weighted by Crippen LogP contribution is -2.41. The lowest BCUT2D eigenvalue weighted by atomic mass is 9.87. The molecule has 0 saturated carbocycles. The molecular weight excluding hydrogens is 294 g/mol. The lowest BCUT2D eigenvalue weighted by molar-refractivity contribution is 0.0690. The normalized spacial score (nSPS) is 24.8. The Morgan fingerprint density at radius 2 is 2.17 bits per heavy atom. The van der Waals surface area contributed by atoms with Crippen molar-refractivity contribution in [1.29, 1.82) is 0 Å². The van der Waals surface area contributed by atoms with Crippen LogP contribution in [-0.2, 0) is 14.2 Å². The third kappa shape index (κ3) is 5.94. The molecule has 2 aliphatic heterocycles. The molecule has 134 valence electrons. The molecule has 23 heavy (non-hydrogen) atoms. The Bertz CT molecular complexity index is 357. The minimum atomic E-state index is 0.380. The number of ether oxygens (including phenoxy) is 3. The van der Waals surface area contributed by atoms with Crippen LogP contribution in [0.2, 0.25) is 0 Å². The molecule has 0 radical (unpaired) electrons. The van der Waals surface area contributed by atoms with Crippen molar-refractivity contribution in [3.05, 3.63) is 0 Å². The van der Waals surface area contributed by atoms with E-state index in [1.165, 1.54) is 12.8 Å². The Morgan fingerprint density at radius 3 is 2.91 bits per heavy atom. The first-order valence-electron chi connectivity index (χ1n) is 8.97. The van der Waals surface area contributed by atoms with Crippen LogP contribution in [0.5, 0.6) is 0 Å². The van der Waals surface area contributed by atoms with Gasteiger partial charge in [-0.2, -0.15) is 0 Å². The molecule has 2 heterocycles. The number of rotatable bonds is 9. The van der Waals surface area contributed by atoms with Crippen LogP contribution in [0.1, 0.15) is 32.6 Å². The highest BCUT2D eigenvalue weighted by molar-refractivity contribution is 5.80. The summed E-state index contributed by atoms with van der Waals surface area (Å²) in [6, 6.07) is 0. The number of guanidine groups is 1. The lowest BCUT2D eigenvalue weighted by Gasteiger charge is -2.25. The fourth-order valence-electron chi connectivity index (χ4n) is 3.26. The maximum absolute atomic E-state index is 5.61. The fraction of sp³-hybridized carbons (Fsp3) is 0.941. The number of methoxy groups -OCH3 is 1. The summed E-state index contributed by atoms with van der Waals surface area (Å²) in [5.41, 5.74) is 0.380. The monoisotopic (exact) mass is 327 g/mol. The van der Waals surface area contributed by atoms with Crippen LogP contribution >= 0.6 is 0 Å². The minimum absolute atomic E-state index is 0.380. The summed E-state index contributed by atoms with van der Waals surface area (Å²) >= 11 is 0. The number of hydrogen-bond donors (Lipinski definition) is 1. The van der Waals surface area contributed by atoms with Crippen LogP contribution in [0, 0.1) is 5.41 Å². The van der Waals surface area contributed by atoms with Crippen LogP contribution in [0.25, 0.3) is 0 Å². The number of nitrogens with one attached hydrogen (secondary N) is 1. The highest BCUT2D eigenvalue weighted by atomic mass is 16.5. The summed E-state index contributed by atoms with van der Waals surface area (Å²) in [5.74, 6) is 1.07. The average Bonchev–Trinajstić information content (AvgIpc) is 3.19. The standard InChI is InChI=1S/C17H33N3O3/c1-3-18-16(19-8-4-5-10-22-13-12-21-2)20-9-6-17(14-20)7-11-23-15-17/h3-15H2,1-2H3,(H,18,19). The van der Waals surface area contributed by atoms with E-state index in [9.17, 15) is 0 Å². The van der Waals surface area contributed by atoms with E-state index < -0.39 is 0 Å². The van der Waals surface area contributed by atoms with Crippen molar-refractivity contribution in [3.8, 4) is 0 Å². The van der Waals surface area contributed by atoms with E-state index in [2.05, 4.69) is 17.1 Å². The quantitative estimate of drug-likeness (QED) is 0.395. The number of unbranched alkanes of at least 4 members (excludes halogenated alkanes) is 1. The van der Waals surface area contributed by atoms with Gasteiger partial charge in [0.15, 0.2) is 5.96 Å². The zero-order chi connectivity index (χ0) is 16.4. The van der Waals surface area contributed by atoms with E-state index in [-0.39, 0.29) is 0 Å². The van der Waals surface area contributed by atoms with Gasteiger partial charge in [0, 0.05) is 51.9 Å². The van der Waals surface area contributed by atoms with Gasteiger partial charge in [-0.3, -0.25) is 4.99 Å². The van der Waals surface area contributed by atoms with Gasteiger partial charge >= 0.3 is 0 Å². The molecule has 0 aromatic heterocycles. The maximum Gasteiger partial charge on any atom is 0.193 e. The van der Waals surface area contributed by atoms with E-state index in [1.807, 2.05) is 0 Å². The summed E-state index contributed by atoms with van der Waals surface area (Å²) in [6.07, 6.45) is 4.53. The van der Waals surface area contributed by atoms with Gasteiger partial charge in [0.1, 0.15) is 0 Å². The molecule has 0 bridgehead atoms. The van der Waals surface area contributed by atoms with Crippen molar-refractivity contribution in [2.45, 2.75) is 32.6 Å². The Morgan fingerprint density at radius 1 is 1.26 bits per heavy atom. The Kier molecular flexibility index (Phi) is 8.12. The molecule has 1 spiro atoms. The van der Waals surface area contributed by atoms with Crippen LogP contribution in [0.4, 0.5) is 0 Å². The summed E-state index contributed by atoms with van der Waals surface area (Å²) in [7, 11) is 1.69. The topological polar surface area (TPSA) is 55.3 Å². The summed E-state index contributed by atoms with van der Waals surface area (Å²) in [6.45, 7) is 10.1. The van der Waals surface area contributed by atoms with Gasteiger partial charge in [0.2, 0.25) is 0 Å². The molecular formula is C17H33N3O3. The van der Waals surface area contributed by atoms with Gasteiger partial charge in [0.05, 0.1) is 19.8 Å². The van der Waals surface area contributed by atoms with Gasteiger partial charge in [-0.05, 0) is 32.6 Å². The fourth-order valence-corrected chi connectivity index (χ4v) is 3.26. The molecule has 6 heteroatoms. The predicted molar refractivity (Wildman–Crippen MR) is 92.0 cm³/mol. The van der Waals surface area contributed by atoms with Crippen molar-refractivity contribution >= 4 is 5.96 Å². The third-order valence-corrected chi connectivity index (χ3v) is 4.65. The highest BCUT2D eigenvalue weighted by Crippen LogP contribution is 2.38. The van der Waals surface area contributed by atoms with Crippen molar-refractivity contribution < 1.29 is 14.2 Å². The zero-order valence-corrected chi connectivity index (χ0v) is 14.8. The molecule has 2 fully saturated rings. The van der Waals surface area contributed by atoms with Crippen molar-refractivity contribution in [2.24, 2.45) is 10.4 Å². The molecule has 1 atom stereocenters. The van der Waals surface area contributed by atoms with Crippen molar-refractivity contribution in [2.75, 3.05) is 66.3 Å². The predicted octanol–water partition coefficient (Wildman–Crippen LogP) is 1.51. The average molecular weight is 327 g/mol. The van der Waals surface area contributed by atoms with Crippen molar-refractivity contribution in [1.82, 2.24) is 10.2 Å². The first-order valence-corrected chi connectivity index (χ1v) is 8.97. The summed E-state index contributed by atoms with van der Waals surface area (Å²) < 4.78 is 16.0. The second-order valence-corrected chi connectivity index (χ2v) is 6.52. The highest BCUT2D eigenvalue weighted by Gasteiger charge is 2.42. The van der Waals surface area contributed by atoms with Gasteiger partial charge < -0.3 is 24.4 Å². The Hall–Kier alpha value is -0.850. The van der Waals surface area contributed by atoms with E-state index in [0.717, 1.165) is 64.8 Å². The van der Waals surface area contributed by atoms with Crippen LogP contribution < -0.4 is 5.32 Å². The molecule has 0 amide bonds. The number of hydrogen-bond acceptors (Lipinski definition) is 4. The van der Waals surface area contributed by atoms with Crippen LogP contribution in [0.3, 0.4) is 0 Å². The molecule has 1 unspecified atom stereocenters. The van der Waals surface area contributed by atoms with Gasteiger partial charge in [-0.25, -0.2) is 0 Å². The van der Waals surface area contributed by atoms with Crippen LogP contribution in [-0.4, -0.2) is 77.2 Å². The van der Waals surface area contributed by atoms with E-state index in [4.69, 9.17) is 19.2 Å². The number of nitrogens with zero attached hydrogens (tertiary/aromatic N) is 2. The van der Waals surface area contributed by atoms with E-state index >= 15 is 0 Å². The third-order valence-electron chi connectivity index (χ3n) is 4.65. The van der Waals surface area contributed by atoms with Crippen LogP contribution in [0.15, 0.2) is 4.99 Å². The smallest absolute Gasteiger partial charge is 0.193 e. The second kappa shape index (κ2) is 10.1. The van der Waals surface area contributed by atoms with Gasteiger partial charge in [0.25, 0.3) is 0 Å². The molecule has 6 nitrogen and oxygen atoms in total. The van der Waals surface area contributed by atoms with E-state index in [1.54, 1.807) is 7.11 Å². The van der Waals surface area contributed by atoms with Crippen molar-refractivity contribution in [3.63, 3.8) is 0 Å². The van der Waals surface area contributed by atoms with E-state index in [0.29, 0.717) is 18.6 Å². The van der Waals surface area contributed by atoms with Gasteiger partial charge in [-0.1, -0.05) is 0 Å². The molecule has 0 aromatic carbocycles. The SMILES string of the molecule is CCNC(=NCCCCOCCOC)N1CCC2(CCOC2)C1. The molecule has 2 aliphatic rings. The molecule has 2 saturated heterocycles. The Labute approximate surface area is 140 Å². The number of aliphatic imine (C=N–C) groups is 1. The maximum atomic E-state index is 5.61. The first-order chi connectivity index (χ1) is 11.3. The zero-order valence-electron chi connectivity index (χ0n) is 14.8. The largest absolute Gasteiger partial charge is 0.382 e. The molecule has 1 N–H and O–H groups in total. The Balaban J connectivity index is 1.68. The summed E-state index contributed by atoms with van der Waals surface area (Å²) in [5, 5.41) is 3.44. The minimum Gasteiger partial charge on any atom is -0.382 e. The molecule has 2 rings (SSSR count). The molecule has 0 aliphatic carbocycles. The summed E-state index contributed by atoms with van der Waals surface area (Å²) in [4.78, 5) is 7.20. The van der Waals surface area contributed by atoms with Gasteiger partial charge in [-0.15, -0.1) is 0 Å². The number of likely N-dealkylation sites (tertiary alicyclic amines) is 1. The second-order valence-electron chi connectivity index (χ2n) is 6.52. The molecule has 0 aromatic rings.